The molecule has 0 atom stereocenters. The summed E-state index contributed by atoms with van der Waals surface area (Å²) in [6.07, 6.45) is 3.89. The number of nitrogens with zero attached hydrogens (tertiary/aromatic N) is 4. The average molecular weight is 299 g/mol. The zero-order chi connectivity index (χ0) is 13.4. The van der Waals surface area contributed by atoms with Gasteiger partial charge in [-0.3, -0.25) is 0 Å². The zero-order valence-corrected chi connectivity index (χ0v) is 12.3. The van der Waals surface area contributed by atoms with E-state index in [1.807, 2.05) is 6.07 Å². The second kappa shape index (κ2) is 5.27. The van der Waals surface area contributed by atoms with E-state index in [-0.39, 0.29) is 0 Å². The highest BCUT2D eigenvalue weighted by atomic mass is 35.5. The molecule has 0 aliphatic carbocycles. The molecule has 0 unspecified atom stereocenters. The van der Waals surface area contributed by atoms with Crippen molar-refractivity contribution in [3.8, 4) is 0 Å². The molecular weight excluding hydrogens is 283 g/mol. The number of piperidine rings is 1. The van der Waals surface area contributed by atoms with Gasteiger partial charge in [0.25, 0.3) is 0 Å². The molecule has 6 heteroatoms. The lowest BCUT2D eigenvalue weighted by Crippen LogP contribution is -2.32. The Bertz CT molecular complexity index is 588. The number of rotatable bonds is 2. The largest absolute Gasteiger partial charge is 0.308 e. The first-order valence-corrected chi connectivity index (χ1v) is 7.37. The summed E-state index contributed by atoms with van der Waals surface area (Å²) in [5.41, 5.74) is 1.73. The molecule has 0 aromatic carbocycles. The van der Waals surface area contributed by atoms with Gasteiger partial charge >= 0.3 is 0 Å². The monoisotopic (exact) mass is 298 g/mol. The maximum atomic E-state index is 6.04. The van der Waals surface area contributed by atoms with Crippen molar-refractivity contribution in [2.75, 3.05) is 20.1 Å². The highest BCUT2D eigenvalue weighted by molar-refractivity contribution is 6.31. The van der Waals surface area contributed by atoms with Gasteiger partial charge in [0, 0.05) is 12.2 Å². The standard InChI is InChI=1S/C13H16Cl2N4/c1-18-4-2-10(3-5-18)19-12(7-14)17-11-6-9(15)8-16-13(11)19/h6,8,10H,2-5,7H2,1H3. The van der Waals surface area contributed by atoms with Crippen LogP contribution in [0.1, 0.15) is 24.7 Å². The molecule has 0 bridgehead atoms. The Morgan fingerprint density at radius 1 is 1.37 bits per heavy atom. The van der Waals surface area contributed by atoms with Gasteiger partial charge in [0.2, 0.25) is 0 Å². The summed E-state index contributed by atoms with van der Waals surface area (Å²) >= 11 is 12.0. The van der Waals surface area contributed by atoms with Crippen LogP contribution in [-0.4, -0.2) is 39.6 Å². The number of hydrogen-bond acceptors (Lipinski definition) is 3. The van der Waals surface area contributed by atoms with Gasteiger partial charge in [-0.25, -0.2) is 9.97 Å². The number of alkyl halides is 1. The summed E-state index contributed by atoms with van der Waals surface area (Å²) in [6, 6.07) is 2.29. The van der Waals surface area contributed by atoms with Gasteiger partial charge in [-0.15, -0.1) is 11.6 Å². The van der Waals surface area contributed by atoms with E-state index in [1.165, 1.54) is 0 Å². The summed E-state index contributed by atoms with van der Waals surface area (Å²) in [4.78, 5) is 11.3. The first-order chi connectivity index (χ1) is 9.19. The smallest absolute Gasteiger partial charge is 0.160 e. The Balaban J connectivity index is 2.05. The van der Waals surface area contributed by atoms with E-state index in [0.29, 0.717) is 16.9 Å². The minimum Gasteiger partial charge on any atom is -0.308 e. The molecule has 1 fully saturated rings. The Morgan fingerprint density at radius 2 is 2.11 bits per heavy atom. The second-order valence-electron chi connectivity index (χ2n) is 5.06. The number of pyridine rings is 1. The highest BCUT2D eigenvalue weighted by Crippen LogP contribution is 2.29. The van der Waals surface area contributed by atoms with Crippen LogP contribution in [0, 0.1) is 0 Å². The molecule has 1 aliphatic rings. The predicted octanol–water partition coefficient (Wildman–Crippen LogP) is 3.09. The molecule has 0 radical (unpaired) electrons. The van der Waals surface area contributed by atoms with Crippen molar-refractivity contribution in [1.29, 1.82) is 0 Å². The van der Waals surface area contributed by atoms with E-state index in [9.17, 15) is 0 Å². The van der Waals surface area contributed by atoms with Crippen LogP contribution in [0.4, 0.5) is 0 Å². The van der Waals surface area contributed by atoms with E-state index in [2.05, 4.69) is 26.5 Å². The Morgan fingerprint density at radius 3 is 2.79 bits per heavy atom. The van der Waals surface area contributed by atoms with E-state index < -0.39 is 0 Å². The molecule has 3 heterocycles. The molecule has 0 spiro atoms. The topological polar surface area (TPSA) is 34.0 Å². The van der Waals surface area contributed by atoms with Crippen LogP contribution in [-0.2, 0) is 5.88 Å². The van der Waals surface area contributed by atoms with Crippen LogP contribution in [0.3, 0.4) is 0 Å². The van der Waals surface area contributed by atoms with Gasteiger partial charge < -0.3 is 9.47 Å². The number of fused-ring (bicyclic) bond motifs is 1. The Labute approximate surface area is 122 Å². The van der Waals surface area contributed by atoms with Gasteiger partial charge in [0.05, 0.1) is 10.9 Å². The number of likely N-dealkylation sites (tertiary alicyclic amines) is 1. The van der Waals surface area contributed by atoms with Crippen LogP contribution in [0.5, 0.6) is 0 Å². The lowest BCUT2D eigenvalue weighted by molar-refractivity contribution is 0.221. The van der Waals surface area contributed by atoms with E-state index in [4.69, 9.17) is 23.2 Å². The van der Waals surface area contributed by atoms with Crippen molar-refractivity contribution in [2.45, 2.75) is 24.8 Å². The molecule has 102 valence electrons. The quantitative estimate of drug-likeness (QED) is 0.799. The number of aromatic nitrogens is 3. The van der Waals surface area contributed by atoms with Gasteiger partial charge in [-0.1, -0.05) is 11.6 Å². The summed E-state index contributed by atoms with van der Waals surface area (Å²) < 4.78 is 2.20. The maximum Gasteiger partial charge on any atom is 0.160 e. The van der Waals surface area contributed by atoms with E-state index in [1.54, 1.807) is 6.20 Å². The first kappa shape index (κ1) is 13.2. The third-order valence-corrected chi connectivity index (χ3v) is 4.19. The number of halogens is 2. The molecule has 0 N–H and O–H groups in total. The van der Waals surface area contributed by atoms with Gasteiger partial charge in [0.15, 0.2) is 5.65 Å². The van der Waals surface area contributed by atoms with Crippen molar-refractivity contribution >= 4 is 34.4 Å². The molecule has 1 saturated heterocycles. The summed E-state index contributed by atoms with van der Waals surface area (Å²) in [5.74, 6) is 1.29. The molecule has 0 saturated carbocycles. The van der Waals surface area contributed by atoms with Crippen molar-refractivity contribution in [1.82, 2.24) is 19.4 Å². The lowest BCUT2D eigenvalue weighted by Gasteiger charge is -2.30. The molecule has 1 aliphatic heterocycles. The van der Waals surface area contributed by atoms with Crippen LogP contribution >= 0.6 is 23.2 Å². The normalized spacial score (nSPS) is 18.3. The molecule has 3 rings (SSSR count). The summed E-state index contributed by atoms with van der Waals surface area (Å²) in [6.45, 7) is 2.19. The fourth-order valence-electron chi connectivity index (χ4n) is 2.74. The Hall–Kier alpha value is -0.840. The molecule has 2 aromatic heterocycles. The van der Waals surface area contributed by atoms with Gasteiger partial charge in [0.1, 0.15) is 11.3 Å². The molecule has 4 nitrogen and oxygen atoms in total. The Kier molecular flexibility index (Phi) is 3.65. The second-order valence-corrected chi connectivity index (χ2v) is 5.77. The minimum absolute atomic E-state index is 0.403. The minimum atomic E-state index is 0.403. The maximum absolute atomic E-state index is 6.04. The van der Waals surface area contributed by atoms with Crippen LogP contribution in [0.25, 0.3) is 11.2 Å². The van der Waals surface area contributed by atoms with E-state index in [0.717, 1.165) is 42.9 Å². The van der Waals surface area contributed by atoms with E-state index >= 15 is 0 Å². The average Bonchev–Trinajstić information content (AvgIpc) is 2.77. The summed E-state index contributed by atoms with van der Waals surface area (Å²) in [7, 11) is 2.16. The van der Waals surface area contributed by atoms with Crippen molar-refractivity contribution in [3.05, 3.63) is 23.1 Å². The first-order valence-electron chi connectivity index (χ1n) is 6.46. The predicted molar refractivity (Wildman–Crippen MR) is 77.9 cm³/mol. The number of hydrogen-bond donors (Lipinski definition) is 0. The van der Waals surface area contributed by atoms with Crippen molar-refractivity contribution in [2.24, 2.45) is 0 Å². The van der Waals surface area contributed by atoms with Gasteiger partial charge in [-0.05, 0) is 39.0 Å². The number of imidazole rings is 1. The fourth-order valence-corrected chi connectivity index (χ4v) is 3.08. The molecule has 0 amide bonds. The molecule has 19 heavy (non-hydrogen) atoms. The van der Waals surface area contributed by atoms with Crippen molar-refractivity contribution in [3.63, 3.8) is 0 Å². The lowest BCUT2D eigenvalue weighted by atomic mass is 10.1. The van der Waals surface area contributed by atoms with Crippen molar-refractivity contribution < 1.29 is 0 Å². The van der Waals surface area contributed by atoms with Crippen LogP contribution in [0.2, 0.25) is 5.02 Å². The zero-order valence-electron chi connectivity index (χ0n) is 10.8. The summed E-state index contributed by atoms with van der Waals surface area (Å²) in [5, 5.41) is 0.613. The van der Waals surface area contributed by atoms with Crippen LogP contribution < -0.4 is 0 Å². The molecule has 2 aromatic rings. The van der Waals surface area contributed by atoms with Gasteiger partial charge in [-0.2, -0.15) is 0 Å². The highest BCUT2D eigenvalue weighted by Gasteiger charge is 2.23. The fraction of sp³-hybridized carbons (Fsp3) is 0.538. The van der Waals surface area contributed by atoms with Crippen LogP contribution in [0.15, 0.2) is 12.3 Å². The third-order valence-electron chi connectivity index (χ3n) is 3.74. The third kappa shape index (κ3) is 2.45. The molecular formula is C13H16Cl2N4. The SMILES string of the molecule is CN1CCC(n2c(CCl)nc3cc(Cl)cnc32)CC1.